The second-order valence-electron chi connectivity index (χ2n) is 3.99. The van der Waals surface area contributed by atoms with Gasteiger partial charge in [-0.05, 0) is 6.92 Å². The Bertz CT molecular complexity index is 499. The van der Waals surface area contributed by atoms with Crippen molar-refractivity contribution in [3.05, 3.63) is 18.1 Å². The Morgan fingerprint density at radius 1 is 1.31 bits per heavy atom. The molecule has 1 fully saturated rings. The van der Waals surface area contributed by atoms with E-state index >= 15 is 0 Å². The number of aromatic nitrogens is 4. The average molecular weight is 218 g/mol. The van der Waals surface area contributed by atoms with E-state index in [-0.39, 0.29) is 0 Å². The number of nitrogens with one attached hydrogen (secondary N) is 1. The Kier molecular flexibility index (Phi) is 2.21. The van der Waals surface area contributed by atoms with E-state index in [9.17, 15) is 0 Å². The van der Waals surface area contributed by atoms with Crippen LogP contribution in [-0.2, 0) is 0 Å². The van der Waals surface area contributed by atoms with Gasteiger partial charge in [0.05, 0.1) is 0 Å². The molecule has 84 valence electrons. The highest BCUT2D eigenvalue weighted by molar-refractivity contribution is 5.47. The number of hydrogen-bond donors (Lipinski definition) is 1. The SMILES string of the molecule is Cc1cc2nncn2c(N2CCNCC2)n1. The van der Waals surface area contributed by atoms with Gasteiger partial charge in [-0.2, -0.15) is 0 Å². The maximum atomic E-state index is 4.58. The molecule has 0 amide bonds. The zero-order valence-corrected chi connectivity index (χ0v) is 9.22. The molecule has 1 aliphatic rings. The summed E-state index contributed by atoms with van der Waals surface area (Å²) >= 11 is 0. The lowest BCUT2D eigenvalue weighted by Crippen LogP contribution is -2.44. The maximum Gasteiger partial charge on any atom is 0.212 e. The molecule has 0 bridgehead atoms. The van der Waals surface area contributed by atoms with Crippen LogP contribution in [0, 0.1) is 6.92 Å². The summed E-state index contributed by atoms with van der Waals surface area (Å²) in [5, 5.41) is 11.3. The van der Waals surface area contributed by atoms with Crippen molar-refractivity contribution < 1.29 is 0 Å². The van der Waals surface area contributed by atoms with Gasteiger partial charge in [0.2, 0.25) is 5.95 Å². The molecule has 16 heavy (non-hydrogen) atoms. The molecule has 6 nitrogen and oxygen atoms in total. The molecule has 2 aromatic rings. The largest absolute Gasteiger partial charge is 0.339 e. The molecule has 1 aliphatic heterocycles. The molecule has 0 aliphatic carbocycles. The van der Waals surface area contributed by atoms with E-state index in [1.807, 2.05) is 17.4 Å². The summed E-state index contributed by atoms with van der Waals surface area (Å²) < 4.78 is 1.94. The van der Waals surface area contributed by atoms with Crippen molar-refractivity contribution in [2.24, 2.45) is 0 Å². The molecule has 0 spiro atoms. The normalized spacial score (nSPS) is 16.9. The minimum Gasteiger partial charge on any atom is -0.339 e. The van der Waals surface area contributed by atoms with Crippen LogP contribution in [0.25, 0.3) is 5.65 Å². The van der Waals surface area contributed by atoms with E-state index in [1.165, 1.54) is 0 Å². The zero-order chi connectivity index (χ0) is 11.0. The summed E-state index contributed by atoms with van der Waals surface area (Å²) in [4.78, 5) is 6.84. The summed E-state index contributed by atoms with van der Waals surface area (Å²) in [5.41, 5.74) is 1.84. The van der Waals surface area contributed by atoms with E-state index < -0.39 is 0 Å². The first-order valence-electron chi connectivity index (χ1n) is 5.47. The summed E-state index contributed by atoms with van der Waals surface area (Å²) in [6.45, 7) is 5.94. The molecule has 0 unspecified atom stereocenters. The minimum atomic E-state index is 0.862. The van der Waals surface area contributed by atoms with Crippen LogP contribution < -0.4 is 10.2 Å². The fourth-order valence-electron chi connectivity index (χ4n) is 2.02. The van der Waals surface area contributed by atoms with Crippen LogP contribution in [0.5, 0.6) is 0 Å². The number of anilines is 1. The van der Waals surface area contributed by atoms with E-state index in [1.54, 1.807) is 6.33 Å². The predicted molar refractivity (Wildman–Crippen MR) is 60.6 cm³/mol. The Morgan fingerprint density at radius 2 is 2.12 bits per heavy atom. The molecule has 0 radical (unpaired) electrons. The summed E-state index contributed by atoms with van der Waals surface area (Å²) in [6.07, 6.45) is 1.72. The van der Waals surface area contributed by atoms with Crippen molar-refractivity contribution >= 4 is 11.6 Å². The van der Waals surface area contributed by atoms with Crippen LogP contribution in [0.4, 0.5) is 5.95 Å². The maximum absolute atomic E-state index is 4.58. The van der Waals surface area contributed by atoms with Gasteiger partial charge in [0, 0.05) is 37.9 Å². The van der Waals surface area contributed by atoms with Gasteiger partial charge in [0.15, 0.2) is 5.65 Å². The summed E-state index contributed by atoms with van der Waals surface area (Å²) in [7, 11) is 0. The molecular formula is C10H14N6. The standard InChI is InChI=1S/C10H14N6/c1-8-6-9-14-12-7-16(9)10(13-8)15-4-2-11-3-5-15/h6-7,11H,2-5H2,1H3. The fraction of sp³-hybridized carbons (Fsp3) is 0.500. The number of piperazine rings is 1. The van der Waals surface area contributed by atoms with Crippen molar-refractivity contribution in [3.63, 3.8) is 0 Å². The smallest absolute Gasteiger partial charge is 0.212 e. The van der Waals surface area contributed by atoms with E-state index in [0.29, 0.717) is 0 Å². The molecule has 0 atom stereocenters. The number of aryl methyl sites for hydroxylation is 1. The Hall–Kier alpha value is -1.69. The van der Waals surface area contributed by atoms with Crippen LogP contribution in [-0.4, -0.2) is 45.8 Å². The van der Waals surface area contributed by atoms with Gasteiger partial charge in [0.25, 0.3) is 0 Å². The van der Waals surface area contributed by atoms with Gasteiger partial charge in [-0.15, -0.1) is 10.2 Å². The van der Waals surface area contributed by atoms with Crippen LogP contribution in [0.1, 0.15) is 5.69 Å². The lowest BCUT2D eigenvalue weighted by molar-refractivity contribution is 0.577. The monoisotopic (exact) mass is 218 g/mol. The molecular weight excluding hydrogens is 204 g/mol. The Morgan fingerprint density at radius 3 is 2.94 bits per heavy atom. The predicted octanol–water partition coefficient (Wildman–Crippen LogP) is -0.158. The third-order valence-electron chi connectivity index (χ3n) is 2.80. The highest BCUT2D eigenvalue weighted by Gasteiger charge is 2.15. The third kappa shape index (κ3) is 1.51. The molecule has 3 heterocycles. The summed E-state index contributed by atoms with van der Waals surface area (Å²) in [6, 6.07) is 1.94. The molecule has 0 saturated carbocycles. The van der Waals surface area contributed by atoms with E-state index in [2.05, 4.69) is 25.4 Å². The average Bonchev–Trinajstić information content (AvgIpc) is 2.77. The van der Waals surface area contributed by atoms with Crippen molar-refractivity contribution in [2.75, 3.05) is 31.1 Å². The van der Waals surface area contributed by atoms with Crippen molar-refractivity contribution in [2.45, 2.75) is 6.92 Å². The molecule has 6 heteroatoms. The number of fused-ring (bicyclic) bond motifs is 1. The van der Waals surface area contributed by atoms with Gasteiger partial charge in [0.1, 0.15) is 6.33 Å². The van der Waals surface area contributed by atoms with Gasteiger partial charge in [-0.1, -0.05) is 0 Å². The quantitative estimate of drug-likeness (QED) is 0.721. The minimum absolute atomic E-state index is 0.862. The molecule has 2 aromatic heterocycles. The van der Waals surface area contributed by atoms with Crippen LogP contribution in [0.15, 0.2) is 12.4 Å². The topological polar surface area (TPSA) is 58.4 Å². The van der Waals surface area contributed by atoms with Crippen molar-refractivity contribution in [1.82, 2.24) is 24.9 Å². The second-order valence-corrected chi connectivity index (χ2v) is 3.99. The first-order chi connectivity index (χ1) is 7.84. The Labute approximate surface area is 93.3 Å². The lowest BCUT2D eigenvalue weighted by atomic mass is 10.4. The van der Waals surface area contributed by atoms with Crippen LogP contribution >= 0.6 is 0 Å². The molecule has 3 rings (SSSR count). The number of rotatable bonds is 1. The zero-order valence-electron chi connectivity index (χ0n) is 9.22. The molecule has 1 N–H and O–H groups in total. The van der Waals surface area contributed by atoms with Gasteiger partial charge in [-0.3, -0.25) is 4.40 Å². The summed E-state index contributed by atoms with van der Waals surface area (Å²) in [5.74, 6) is 0.946. The molecule has 0 aromatic carbocycles. The highest BCUT2D eigenvalue weighted by Crippen LogP contribution is 2.14. The molecule has 1 saturated heterocycles. The Balaban J connectivity index is 2.09. The van der Waals surface area contributed by atoms with Crippen LogP contribution in [0.3, 0.4) is 0 Å². The third-order valence-corrected chi connectivity index (χ3v) is 2.80. The highest BCUT2D eigenvalue weighted by atomic mass is 15.3. The van der Waals surface area contributed by atoms with Crippen molar-refractivity contribution in [1.29, 1.82) is 0 Å². The number of nitrogens with zero attached hydrogens (tertiary/aromatic N) is 5. The van der Waals surface area contributed by atoms with Crippen molar-refractivity contribution in [3.8, 4) is 0 Å². The fourth-order valence-corrected chi connectivity index (χ4v) is 2.02. The van der Waals surface area contributed by atoms with Gasteiger partial charge in [-0.25, -0.2) is 4.98 Å². The lowest BCUT2D eigenvalue weighted by Gasteiger charge is -2.28. The number of hydrogen-bond acceptors (Lipinski definition) is 5. The van der Waals surface area contributed by atoms with E-state index in [4.69, 9.17) is 0 Å². The van der Waals surface area contributed by atoms with E-state index in [0.717, 1.165) is 43.5 Å². The first kappa shape index (κ1) is 9.53. The van der Waals surface area contributed by atoms with Gasteiger partial charge >= 0.3 is 0 Å². The first-order valence-corrected chi connectivity index (χ1v) is 5.47. The van der Waals surface area contributed by atoms with Gasteiger partial charge < -0.3 is 10.2 Å². The second kappa shape index (κ2) is 3.71. The van der Waals surface area contributed by atoms with Crippen LogP contribution in [0.2, 0.25) is 0 Å².